The molecule has 2 aromatic heterocycles. The van der Waals surface area contributed by atoms with E-state index in [0.717, 1.165) is 16.8 Å². The van der Waals surface area contributed by atoms with Crippen LogP contribution < -0.4 is 0 Å². The van der Waals surface area contributed by atoms with E-state index in [4.69, 9.17) is 4.52 Å². The largest absolute Gasteiger partial charge is 0.335 e. The molecule has 2 aromatic rings. The first-order valence-corrected chi connectivity index (χ1v) is 4.27. The molecule has 0 bridgehead atoms. The van der Waals surface area contributed by atoms with Crippen molar-refractivity contribution < 1.29 is 4.52 Å². The van der Waals surface area contributed by atoms with Crippen LogP contribution in [-0.4, -0.2) is 15.1 Å². The van der Waals surface area contributed by atoms with E-state index >= 15 is 0 Å². The van der Waals surface area contributed by atoms with Crippen LogP contribution >= 0.6 is 0 Å². The van der Waals surface area contributed by atoms with Gasteiger partial charge in [-0.2, -0.15) is 4.98 Å². The van der Waals surface area contributed by atoms with Crippen LogP contribution in [0.1, 0.15) is 31.2 Å². The molecule has 0 N–H and O–H groups in total. The third kappa shape index (κ3) is 1.18. The Balaban J connectivity index is 2.80. The van der Waals surface area contributed by atoms with Crippen LogP contribution in [0, 0.1) is 6.92 Å². The number of rotatable bonds is 1. The zero-order chi connectivity index (χ0) is 9.42. The second-order valence-corrected chi connectivity index (χ2v) is 3.36. The molecule has 0 fully saturated rings. The lowest BCUT2D eigenvalue weighted by Crippen LogP contribution is -1.94. The molecule has 68 valence electrons. The van der Waals surface area contributed by atoms with Crippen molar-refractivity contribution in [1.29, 1.82) is 0 Å². The van der Waals surface area contributed by atoms with Crippen molar-refractivity contribution in [2.24, 2.45) is 0 Å². The van der Waals surface area contributed by atoms with Crippen molar-refractivity contribution in [3.05, 3.63) is 17.7 Å². The summed E-state index contributed by atoms with van der Waals surface area (Å²) >= 11 is 0. The summed E-state index contributed by atoms with van der Waals surface area (Å²) < 4.78 is 5.04. The highest BCUT2D eigenvalue weighted by Crippen LogP contribution is 2.23. The summed E-state index contributed by atoms with van der Waals surface area (Å²) in [6.45, 7) is 6.09. The van der Waals surface area contributed by atoms with Crippen LogP contribution in [0.2, 0.25) is 0 Å². The van der Waals surface area contributed by atoms with E-state index in [2.05, 4.69) is 29.0 Å². The molecule has 0 atom stereocenters. The molecular formula is C9H11N3O. The highest BCUT2D eigenvalue weighted by molar-refractivity contribution is 5.78. The second kappa shape index (κ2) is 2.80. The normalized spacial score (nSPS) is 11.4. The van der Waals surface area contributed by atoms with Gasteiger partial charge in [-0.25, -0.2) is 4.98 Å². The van der Waals surface area contributed by atoms with Gasteiger partial charge in [-0.3, -0.25) is 0 Å². The second-order valence-electron chi connectivity index (χ2n) is 3.36. The predicted molar refractivity (Wildman–Crippen MR) is 48.4 cm³/mol. The molecule has 4 heteroatoms. The van der Waals surface area contributed by atoms with Gasteiger partial charge in [0.25, 0.3) is 5.71 Å². The van der Waals surface area contributed by atoms with Crippen molar-refractivity contribution in [3.8, 4) is 0 Å². The molecule has 0 aliphatic rings. The molecule has 0 radical (unpaired) electrons. The lowest BCUT2D eigenvalue weighted by atomic mass is 10.1. The van der Waals surface area contributed by atoms with Gasteiger partial charge in [0.2, 0.25) is 0 Å². The average molecular weight is 177 g/mol. The minimum Gasteiger partial charge on any atom is -0.335 e. The van der Waals surface area contributed by atoms with E-state index < -0.39 is 0 Å². The first kappa shape index (κ1) is 8.16. The Bertz CT molecular complexity index is 433. The highest BCUT2D eigenvalue weighted by atomic mass is 16.5. The number of aryl methyl sites for hydroxylation is 1. The number of aromatic nitrogens is 3. The van der Waals surface area contributed by atoms with Crippen LogP contribution in [0.3, 0.4) is 0 Å². The lowest BCUT2D eigenvalue weighted by molar-refractivity contribution is 0.442. The summed E-state index contributed by atoms with van der Waals surface area (Å²) in [7, 11) is 0. The Labute approximate surface area is 76.0 Å². The van der Waals surface area contributed by atoms with E-state index in [1.807, 2.05) is 6.92 Å². The molecule has 0 amide bonds. The molecule has 0 unspecified atom stereocenters. The fraction of sp³-hybridized carbons (Fsp3) is 0.444. The molecular weight excluding hydrogens is 166 g/mol. The summed E-state index contributed by atoms with van der Waals surface area (Å²) in [5.41, 5.74) is 2.44. The van der Waals surface area contributed by atoms with Crippen molar-refractivity contribution >= 4 is 11.1 Å². The molecule has 2 heterocycles. The first-order valence-electron chi connectivity index (χ1n) is 4.27. The van der Waals surface area contributed by atoms with E-state index in [1.165, 1.54) is 6.33 Å². The standard InChI is InChI=1S/C9H11N3O/c1-5(2)8-7-6(3)12-13-9(7)11-4-10-8/h4-5H,1-3H3. The van der Waals surface area contributed by atoms with Gasteiger partial charge < -0.3 is 4.52 Å². The van der Waals surface area contributed by atoms with E-state index in [-0.39, 0.29) is 0 Å². The van der Waals surface area contributed by atoms with E-state index in [0.29, 0.717) is 11.6 Å². The maximum Gasteiger partial charge on any atom is 0.261 e. The third-order valence-electron chi connectivity index (χ3n) is 2.02. The molecule has 0 aliphatic heterocycles. The number of hydrogen-bond donors (Lipinski definition) is 0. The maximum absolute atomic E-state index is 5.04. The minimum absolute atomic E-state index is 0.364. The zero-order valence-electron chi connectivity index (χ0n) is 7.90. The Kier molecular flexibility index (Phi) is 1.76. The van der Waals surface area contributed by atoms with Crippen LogP contribution in [0.5, 0.6) is 0 Å². The Hall–Kier alpha value is -1.45. The van der Waals surface area contributed by atoms with Gasteiger partial charge in [0.1, 0.15) is 6.33 Å². The summed E-state index contributed by atoms with van der Waals surface area (Å²) in [5, 5.41) is 4.82. The molecule has 0 spiro atoms. The first-order chi connectivity index (χ1) is 6.20. The Morgan fingerprint density at radius 2 is 2.08 bits per heavy atom. The van der Waals surface area contributed by atoms with Crippen LogP contribution in [0.25, 0.3) is 11.1 Å². The molecule has 0 aliphatic carbocycles. The fourth-order valence-electron chi connectivity index (χ4n) is 1.39. The predicted octanol–water partition coefficient (Wildman–Crippen LogP) is 2.05. The summed E-state index contributed by atoms with van der Waals surface area (Å²) in [6.07, 6.45) is 1.52. The highest BCUT2D eigenvalue weighted by Gasteiger charge is 2.13. The van der Waals surface area contributed by atoms with Crippen molar-refractivity contribution in [1.82, 2.24) is 15.1 Å². The third-order valence-corrected chi connectivity index (χ3v) is 2.02. The maximum atomic E-state index is 5.04. The lowest BCUT2D eigenvalue weighted by Gasteiger charge is -2.03. The van der Waals surface area contributed by atoms with Crippen LogP contribution in [0.15, 0.2) is 10.9 Å². The summed E-state index contributed by atoms with van der Waals surface area (Å²) in [4.78, 5) is 8.23. The monoisotopic (exact) mass is 177 g/mol. The SMILES string of the molecule is Cc1noc2ncnc(C(C)C)c12. The van der Waals surface area contributed by atoms with Gasteiger partial charge in [-0.15, -0.1) is 0 Å². The minimum atomic E-state index is 0.364. The summed E-state index contributed by atoms with van der Waals surface area (Å²) in [5.74, 6) is 0.364. The van der Waals surface area contributed by atoms with Gasteiger partial charge in [-0.05, 0) is 12.8 Å². The van der Waals surface area contributed by atoms with Gasteiger partial charge >= 0.3 is 0 Å². The molecule has 2 rings (SSSR count). The van der Waals surface area contributed by atoms with E-state index in [9.17, 15) is 0 Å². The van der Waals surface area contributed by atoms with Gasteiger partial charge in [0.05, 0.1) is 16.8 Å². The number of fused-ring (bicyclic) bond motifs is 1. The van der Waals surface area contributed by atoms with Gasteiger partial charge in [-0.1, -0.05) is 19.0 Å². The van der Waals surface area contributed by atoms with Gasteiger partial charge in [0.15, 0.2) is 0 Å². The smallest absolute Gasteiger partial charge is 0.261 e. The Morgan fingerprint density at radius 1 is 1.31 bits per heavy atom. The van der Waals surface area contributed by atoms with Crippen molar-refractivity contribution in [2.75, 3.05) is 0 Å². The van der Waals surface area contributed by atoms with Crippen LogP contribution in [0.4, 0.5) is 0 Å². The molecule has 0 saturated carbocycles. The average Bonchev–Trinajstić information content (AvgIpc) is 2.48. The van der Waals surface area contributed by atoms with Crippen molar-refractivity contribution in [3.63, 3.8) is 0 Å². The molecule has 0 aromatic carbocycles. The van der Waals surface area contributed by atoms with Crippen molar-refractivity contribution in [2.45, 2.75) is 26.7 Å². The molecule has 13 heavy (non-hydrogen) atoms. The molecule has 0 saturated heterocycles. The van der Waals surface area contributed by atoms with Gasteiger partial charge in [0, 0.05) is 0 Å². The number of nitrogens with zero attached hydrogens (tertiary/aromatic N) is 3. The zero-order valence-corrected chi connectivity index (χ0v) is 7.90. The fourth-order valence-corrected chi connectivity index (χ4v) is 1.39. The Morgan fingerprint density at radius 3 is 2.77 bits per heavy atom. The quantitative estimate of drug-likeness (QED) is 0.668. The summed E-state index contributed by atoms with van der Waals surface area (Å²) in [6, 6.07) is 0. The number of hydrogen-bond acceptors (Lipinski definition) is 4. The molecule has 4 nitrogen and oxygen atoms in total. The topological polar surface area (TPSA) is 51.8 Å². The van der Waals surface area contributed by atoms with E-state index in [1.54, 1.807) is 0 Å². The van der Waals surface area contributed by atoms with Crippen LogP contribution in [-0.2, 0) is 0 Å².